The fourth-order valence-electron chi connectivity index (χ4n) is 2.16. The molecule has 1 atom stereocenters. The van der Waals surface area contributed by atoms with Gasteiger partial charge in [0.2, 0.25) is 5.91 Å². The number of benzene rings is 1. The molecule has 7 nitrogen and oxygen atoms in total. The van der Waals surface area contributed by atoms with Gasteiger partial charge in [0.25, 0.3) is 5.69 Å². The van der Waals surface area contributed by atoms with Crippen LogP contribution in [0.4, 0.5) is 11.4 Å². The van der Waals surface area contributed by atoms with E-state index in [9.17, 15) is 19.7 Å². The molecule has 0 N–H and O–H groups in total. The number of nitro benzene ring substituents is 1. The Morgan fingerprint density at radius 2 is 2.24 bits per heavy atom. The molecule has 0 radical (unpaired) electrons. The van der Waals surface area contributed by atoms with Crippen molar-refractivity contribution >= 4 is 23.3 Å². The maximum Gasteiger partial charge on any atom is 0.338 e. The van der Waals surface area contributed by atoms with Crippen LogP contribution in [0.5, 0.6) is 0 Å². The summed E-state index contributed by atoms with van der Waals surface area (Å²) in [5, 5.41) is 11.0. The van der Waals surface area contributed by atoms with Crippen molar-refractivity contribution in [2.75, 3.05) is 18.6 Å². The monoisotopic (exact) mass is 288 g/mol. The van der Waals surface area contributed by atoms with Gasteiger partial charge in [-0.05, 0) is 6.07 Å². The quantitative estimate of drug-likeness (QED) is 0.362. The molecular formula is C14H12N2O5. The summed E-state index contributed by atoms with van der Waals surface area (Å²) in [4.78, 5) is 35.2. The van der Waals surface area contributed by atoms with Crippen molar-refractivity contribution in [2.24, 2.45) is 5.92 Å². The third-order valence-corrected chi connectivity index (χ3v) is 3.21. The highest BCUT2D eigenvalue weighted by atomic mass is 16.6. The van der Waals surface area contributed by atoms with Crippen molar-refractivity contribution in [3.8, 4) is 12.3 Å². The van der Waals surface area contributed by atoms with Crippen LogP contribution >= 0.6 is 0 Å². The standard InChI is InChI=1S/C14H12N2O5/c1-3-9-4-13(17)15(8-9)11-5-10(14(18)21-2)6-12(7-11)16(19)20/h1,5-7,9H,4,8H2,2H3. The number of hydrogen-bond acceptors (Lipinski definition) is 5. The third-order valence-electron chi connectivity index (χ3n) is 3.21. The maximum absolute atomic E-state index is 11.9. The first-order valence-corrected chi connectivity index (χ1v) is 6.10. The number of terminal acetylenes is 1. The Hall–Kier alpha value is -2.88. The zero-order valence-electron chi connectivity index (χ0n) is 11.2. The molecule has 21 heavy (non-hydrogen) atoms. The highest BCUT2D eigenvalue weighted by Crippen LogP contribution is 2.29. The van der Waals surface area contributed by atoms with Crippen LogP contribution in [-0.2, 0) is 9.53 Å². The predicted molar refractivity (Wildman–Crippen MR) is 73.7 cm³/mol. The number of nitro groups is 1. The second-order valence-electron chi connectivity index (χ2n) is 4.56. The molecule has 0 aromatic heterocycles. The average molecular weight is 288 g/mol. The van der Waals surface area contributed by atoms with Gasteiger partial charge in [0.05, 0.1) is 23.3 Å². The van der Waals surface area contributed by atoms with Crippen molar-refractivity contribution in [2.45, 2.75) is 6.42 Å². The van der Waals surface area contributed by atoms with Crippen molar-refractivity contribution in [1.29, 1.82) is 0 Å². The number of non-ortho nitro benzene ring substituents is 1. The van der Waals surface area contributed by atoms with E-state index in [0.29, 0.717) is 0 Å². The molecular weight excluding hydrogens is 276 g/mol. The van der Waals surface area contributed by atoms with Crippen LogP contribution in [0.3, 0.4) is 0 Å². The Morgan fingerprint density at radius 3 is 2.76 bits per heavy atom. The normalized spacial score (nSPS) is 17.4. The number of hydrogen-bond donors (Lipinski definition) is 0. The Morgan fingerprint density at radius 1 is 1.52 bits per heavy atom. The molecule has 0 aliphatic carbocycles. The van der Waals surface area contributed by atoms with Gasteiger partial charge >= 0.3 is 5.97 Å². The summed E-state index contributed by atoms with van der Waals surface area (Å²) in [6, 6.07) is 3.73. The number of ether oxygens (including phenoxy) is 1. The predicted octanol–water partition coefficient (Wildman–Crippen LogP) is 1.37. The molecule has 1 heterocycles. The van der Waals surface area contributed by atoms with Crippen LogP contribution in [-0.4, -0.2) is 30.5 Å². The summed E-state index contributed by atoms with van der Waals surface area (Å²) in [6.07, 6.45) is 5.49. The Labute approximate surface area is 120 Å². The minimum atomic E-state index is -0.708. The van der Waals surface area contributed by atoms with Crippen LogP contribution < -0.4 is 4.90 Å². The molecule has 1 aliphatic heterocycles. The van der Waals surface area contributed by atoms with E-state index >= 15 is 0 Å². The summed E-state index contributed by atoms with van der Waals surface area (Å²) >= 11 is 0. The Balaban J connectivity index is 2.46. The minimum absolute atomic E-state index is 0.0126. The molecule has 2 rings (SSSR count). The molecule has 0 saturated carbocycles. The van der Waals surface area contributed by atoms with Crippen LogP contribution in [0.25, 0.3) is 0 Å². The van der Waals surface area contributed by atoms with Crippen molar-refractivity contribution in [1.82, 2.24) is 0 Å². The molecule has 1 saturated heterocycles. The summed E-state index contributed by atoms with van der Waals surface area (Å²) < 4.78 is 4.56. The molecule has 1 aliphatic rings. The van der Waals surface area contributed by atoms with Gasteiger partial charge in [-0.25, -0.2) is 4.79 Å². The highest BCUT2D eigenvalue weighted by molar-refractivity contribution is 5.98. The zero-order valence-corrected chi connectivity index (χ0v) is 11.2. The lowest BCUT2D eigenvalue weighted by Gasteiger charge is -2.16. The number of amides is 1. The van der Waals surface area contributed by atoms with E-state index in [1.165, 1.54) is 24.1 Å². The number of rotatable bonds is 3. The topological polar surface area (TPSA) is 89.8 Å². The van der Waals surface area contributed by atoms with Gasteiger partial charge in [0.15, 0.2) is 0 Å². The van der Waals surface area contributed by atoms with E-state index in [1.54, 1.807) is 0 Å². The van der Waals surface area contributed by atoms with Crippen LogP contribution in [0, 0.1) is 28.4 Å². The molecule has 1 aromatic carbocycles. The van der Waals surface area contributed by atoms with E-state index < -0.39 is 10.9 Å². The number of methoxy groups -OCH3 is 1. The van der Waals surface area contributed by atoms with Crippen molar-refractivity contribution in [3.05, 3.63) is 33.9 Å². The fourth-order valence-corrected chi connectivity index (χ4v) is 2.16. The minimum Gasteiger partial charge on any atom is -0.465 e. The lowest BCUT2D eigenvalue weighted by Crippen LogP contribution is -2.24. The number of anilines is 1. The third kappa shape index (κ3) is 2.84. The summed E-state index contributed by atoms with van der Waals surface area (Å²) in [5.74, 6) is 1.32. The highest BCUT2D eigenvalue weighted by Gasteiger charge is 2.31. The summed E-state index contributed by atoms with van der Waals surface area (Å²) in [5.41, 5.74) is -0.00383. The SMILES string of the molecule is C#CC1CC(=O)N(c2cc(C(=O)OC)cc([N+](=O)[O-])c2)C1. The van der Waals surface area contributed by atoms with Crippen LogP contribution in [0.2, 0.25) is 0 Å². The van der Waals surface area contributed by atoms with E-state index in [2.05, 4.69) is 10.7 Å². The first-order valence-electron chi connectivity index (χ1n) is 6.10. The van der Waals surface area contributed by atoms with Crippen molar-refractivity contribution < 1.29 is 19.2 Å². The van der Waals surface area contributed by atoms with Crippen LogP contribution in [0.15, 0.2) is 18.2 Å². The van der Waals surface area contributed by atoms with E-state index in [1.807, 2.05) is 0 Å². The number of esters is 1. The van der Waals surface area contributed by atoms with Gasteiger partial charge in [0.1, 0.15) is 0 Å². The van der Waals surface area contributed by atoms with E-state index in [-0.39, 0.29) is 41.7 Å². The number of carbonyl (C=O) groups excluding carboxylic acids is 2. The fraction of sp³-hybridized carbons (Fsp3) is 0.286. The smallest absolute Gasteiger partial charge is 0.338 e. The second-order valence-corrected chi connectivity index (χ2v) is 4.56. The molecule has 0 bridgehead atoms. The summed E-state index contributed by atoms with van der Waals surface area (Å²) in [7, 11) is 1.18. The lowest BCUT2D eigenvalue weighted by molar-refractivity contribution is -0.384. The average Bonchev–Trinajstić information content (AvgIpc) is 2.87. The molecule has 1 unspecified atom stereocenters. The maximum atomic E-state index is 11.9. The van der Waals surface area contributed by atoms with Gasteiger partial charge in [-0.15, -0.1) is 12.3 Å². The Bertz CT molecular complexity index is 662. The zero-order chi connectivity index (χ0) is 15.6. The molecule has 1 amide bonds. The van der Waals surface area contributed by atoms with Gasteiger partial charge in [0, 0.05) is 31.0 Å². The van der Waals surface area contributed by atoms with Gasteiger partial charge in [-0.1, -0.05) is 0 Å². The summed E-state index contributed by atoms with van der Waals surface area (Å²) in [6.45, 7) is 0.275. The van der Waals surface area contributed by atoms with Crippen molar-refractivity contribution in [3.63, 3.8) is 0 Å². The molecule has 0 spiro atoms. The van der Waals surface area contributed by atoms with Crippen LogP contribution in [0.1, 0.15) is 16.8 Å². The lowest BCUT2D eigenvalue weighted by atomic mass is 10.1. The van der Waals surface area contributed by atoms with Gasteiger partial charge < -0.3 is 9.64 Å². The van der Waals surface area contributed by atoms with E-state index in [0.717, 1.165) is 6.07 Å². The molecule has 1 fully saturated rings. The second kappa shape index (κ2) is 5.63. The number of carbonyl (C=O) groups is 2. The number of nitrogens with zero attached hydrogens (tertiary/aromatic N) is 2. The van der Waals surface area contributed by atoms with Gasteiger partial charge in [-0.3, -0.25) is 14.9 Å². The van der Waals surface area contributed by atoms with E-state index in [4.69, 9.17) is 6.42 Å². The molecule has 1 aromatic rings. The molecule has 108 valence electrons. The first kappa shape index (κ1) is 14.5. The Kier molecular flexibility index (Phi) is 3.89. The molecule has 7 heteroatoms. The first-order chi connectivity index (χ1) is 9.96. The largest absolute Gasteiger partial charge is 0.465 e. The van der Waals surface area contributed by atoms with Gasteiger partial charge in [-0.2, -0.15) is 0 Å².